The second-order valence-corrected chi connectivity index (χ2v) is 7.03. The van der Waals surface area contributed by atoms with Crippen molar-refractivity contribution in [2.45, 2.75) is 83.5 Å². The van der Waals surface area contributed by atoms with E-state index in [9.17, 15) is 9.90 Å². The van der Waals surface area contributed by atoms with Gasteiger partial charge in [0, 0.05) is 6.54 Å². The van der Waals surface area contributed by atoms with E-state index < -0.39 is 12.2 Å². The maximum atomic E-state index is 12.1. The van der Waals surface area contributed by atoms with Crippen LogP contribution in [0.2, 0.25) is 0 Å². The first kappa shape index (κ1) is 16.8. The molecule has 2 rings (SSSR count). The lowest BCUT2D eigenvalue weighted by Gasteiger charge is -2.29. The smallest absolute Gasteiger partial charge is 0.248 e. The van der Waals surface area contributed by atoms with Gasteiger partial charge in [-0.3, -0.25) is 4.79 Å². The first-order chi connectivity index (χ1) is 10.1. The fraction of sp³-hybridized carbons (Fsp3) is 0.941. The Hall–Kier alpha value is -0.610. The summed E-state index contributed by atoms with van der Waals surface area (Å²) in [5.41, 5.74) is 0. The zero-order valence-electron chi connectivity index (χ0n) is 13.5. The van der Waals surface area contributed by atoms with Crippen LogP contribution in [0.15, 0.2) is 0 Å². The molecule has 1 amide bonds. The minimum atomic E-state index is -0.420. The van der Waals surface area contributed by atoms with Crippen LogP contribution in [0, 0.1) is 11.8 Å². The predicted octanol–water partition coefficient (Wildman–Crippen LogP) is 2.64. The Morgan fingerprint density at radius 3 is 2.62 bits per heavy atom. The second-order valence-electron chi connectivity index (χ2n) is 7.03. The summed E-state index contributed by atoms with van der Waals surface area (Å²) in [6.07, 6.45) is 8.56. The maximum absolute atomic E-state index is 12.1. The third kappa shape index (κ3) is 5.26. The Kier molecular flexibility index (Phi) is 6.49. The molecule has 21 heavy (non-hydrogen) atoms. The summed E-state index contributed by atoms with van der Waals surface area (Å²) in [4.78, 5) is 12.1. The van der Waals surface area contributed by atoms with Crippen molar-refractivity contribution in [3.8, 4) is 0 Å². The van der Waals surface area contributed by atoms with Crippen molar-refractivity contribution in [3.63, 3.8) is 0 Å². The molecule has 0 radical (unpaired) electrons. The van der Waals surface area contributed by atoms with Gasteiger partial charge < -0.3 is 15.2 Å². The summed E-state index contributed by atoms with van der Waals surface area (Å²) in [7, 11) is 0. The third-order valence-corrected chi connectivity index (χ3v) is 5.08. The Labute approximate surface area is 128 Å². The third-order valence-electron chi connectivity index (χ3n) is 5.08. The summed E-state index contributed by atoms with van der Waals surface area (Å²) in [6.45, 7) is 4.42. The van der Waals surface area contributed by atoms with Gasteiger partial charge in [0.15, 0.2) is 0 Å². The van der Waals surface area contributed by atoms with Crippen molar-refractivity contribution in [1.29, 1.82) is 0 Å². The van der Waals surface area contributed by atoms with Crippen LogP contribution in [0.1, 0.15) is 65.2 Å². The summed E-state index contributed by atoms with van der Waals surface area (Å²) < 4.78 is 5.89. The molecule has 4 heteroatoms. The van der Waals surface area contributed by atoms with Crippen LogP contribution >= 0.6 is 0 Å². The average molecular weight is 297 g/mol. The Balaban J connectivity index is 1.67. The lowest BCUT2D eigenvalue weighted by atomic mass is 9.88. The van der Waals surface area contributed by atoms with Gasteiger partial charge >= 0.3 is 0 Å². The van der Waals surface area contributed by atoms with Crippen molar-refractivity contribution < 1.29 is 14.6 Å². The zero-order chi connectivity index (χ0) is 15.2. The van der Waals surface area contributed by atoms with Crippen LogP contribution in [0.25, 0.3) is 0 Å². The molecule has 2 N–H and O–H groups in total. The quantitative estimate of drug-likeness (QED) is 0.792. The summed E-state index contributed by atoms with van der Waals surface area (Å²) >= 11 is 0. The van der Waals surface area contributed by atoms with Gasteiger partial charge in [0.1, 0.15) is 6.10 Å². The highest BCUT2D eigenvalue weighted by Crippen LogP contribution is 2.28. The largest absolute Gasteiger partial charge is 0.391 e. The number of hydrogen-bond donors (Lipinski definition) is 2. The SMILES string of the molecule is CC1CCCC(OC(C)C(=O)NCC(O)C2CCCC2)C1. The molecule has 122 valence electrons. The highest BCUT2D eigenvalue weighted by atomic mass is 16.5. The monoisotopic (exact) mass is 297 g/mol. The first-order valence-electron chi connectivity index (χ1n) is 8.67. The molecule has 2 aliphatic rings. The number of carbonyl (C=O) groups excluding carboxylic acids is 1. The fourth-order valence-electron chi connectivity index (χ4n) is 3.71. The Morgan fingerprint density at radius 1 is 1.24 bits per heavy atom. The highest BCUT2D eigenvalue weighted by Gasteiger charge is 2.26. The fourth-order valence-corrected chi connectivity index (χ4v) is 3.71. The van der Waals surface area contributed by atoms with Crippen molar-refractivity contribution in [3.05, 3.63) is 0 Å². The molecule has 0 saturated heterocycles. The van der Waals surface area contributed by atoms with Gasteiger partial charge in [-0.25, -0.2) is 0 Å². The molecule has 0 aromatic heterocycles. The Bertz CT molecular complexity index is 328. The summed E-state index contributed by atoms with van der Waals surface area (Å²) in [5, 5.41) is 12.9. The number of amides is 1. The molecule has 0 aromatic carbocycles. The second kappa shape index (κ2) is 8.14. The highest BCUT2D eigenvalue weighted by molar-refractivity contribution is 5.80. The summed E-state index contributed by atoms with van der Waals surface area (Å²) in [5.74, 6) is 0.967. The lowest BCUT2D eigenvalue weighted by molar-refractivity contribution is -0.137. The van der Waals surface area contributed by atoms with E-state index in [1.807, 2.05) is 6.92 Å². The van der Waals surface area contributed by atoms with E-state index in [0.29, 0.717) is 18.4 Å². The van der Waals surface area contributed by atoms with E-state index in [1.165, 1.54) is 25.7 Å². The van der Waals surface area contributed by atoms with E-state index in [-0.39, 0.29) is 12.0 Å². The van der Waals surface area contributed by atoms with E-state index in [1.54, 1.807) is 0 Å². The van der Waals surface area contributed by atoms with Gasteiger partial charge in [-0.05, 0) is 44.4 Å². The molecule has 2 aliphatic carbocycles. The molecule has 2 saturated carbocycles. The number of nitrogens with one attached hydrogen (secondary N) is 1. The number of aliphatic hydroxyl groups is 1. The molecule has 0 bridgehead atoms. The topological polar surface area (TPSA) is 58.6 Å². The molecule has 4 atom stereocenters. The maximum Gasteiger partial charge on any atom is 0.248 e. The number of aliphatic hydroxyl groups excluding tert-OH is 1. The van der Waals surface area contributed by atoms with E-state index >= 15 is 0 Å². The predicted molar refractivity (Wildman–Crippen MR) is 82.9 cm³/mol. The van der Waals surface area contributed by atoms with Crippen LogP contribution in [-0.4, -0.2) is 35.9 Å². The van der Waals surface area contributed by atoms with Crippen molar-refractivity contribution >= 4 is 5.91 Å². The molecule has 0 aromatic rings. The van der Waals surface area contributed by atoms with Crippen LogP contribution in [0.5, 0.6) is 0 Å². The summed E-state index contributed by atoms with van der Waals surface area (Å²) in [6, 6.07) is 0. The number of carbonyl (C=O) groups is 1. The lowest BCUT2D eigenvalue weighted by Crippen LogP contribution is -2.42. The standard InChI is InChI=1S/C17H31NO3/c1-12-6-5-9-15(10-12)21-13(2)17(20)18-11-16(19)14-7-3-4-8-14/h12-16,19H,3-11H2,1-2H3,(H,18,20). The molecule has 4 nitrogen and oxygen atoms in total. The van der Waals surface area contributed by atoms with E-state index in [2.05, 4.69) is 12.2 Å². The van der Waals surface area contributed by atoms with Gasteiger partial charge in [0.25, 0.3) is 0 Å². The van der Waals surface area contributed by atoms with Gasteiger partial charge in [-0.1, -0.05) is 32.6 Å². The first-order valence-corrected chi connectivity index (χ1v) is 8.67. The van der Waals surface area contributed by atoms with Crippen molar-refractivity contribution in [2.75, 3.05) is 6.54 Å². The van der Waals surface area contributed by atoms with Crippen molar-refractivity contribution in [1.82, 2.24) is 5.32 Å². The molecule has 0 heterocycles. The molecule has 0 aliphatic heterocycles. The Morgan fingerprint density at radius 2 is 1.95 bits per heavy atom. The number of ether oxygens (including phenoxy) is 1. The minimum absolute atomic E-state index is 0.0923. The molecule has 0 spiro atoms. The van der Waals surface area contributed by atoms with E-state index in [4.69, 9.17) is 4.74 Å². The van der Waals surface area contributed by atoms with Gasteiger partial charge in [-0.2, -0.15) is 0 Å². The van der Waals surface area contributed by atoms with Gasteiger partial charge in [0.2, 0.25) is 5.91 Å². The number of rotatable bonds is 6. The van der Waals surface area contributed by atoms with Gasteiger partial charge in [0.05, 0.1) is 12.2 Å². The number of hydrogen-bond acceptors (Lipinski definition) is 3. The minimum Gasteiger partial charge on any atom is -0.391 e. The molecular weight excluding hydrogens is 266 g/mol. The molecular formula is C17H31NO3. The molecule has 2 fully saturated rings. The average Bonchev–Trinajstić information content (AvgIpc) is 2.98. The van der Waals surface area contributed by atoms with Gasteiger partial charge in [-0.15, -0.1) is 0 Å². The van der Waals surface area contributed by atoms with E-state index in [0.717, 1.165) is 25.7 Å². The van der Waals surface area contributed by atoms with Crippen LogP contribution in [0.4, 0.5) is 0 Å². The van der Waals surface area contributed by atoms with Crippen LogP contribution in [0.3, 0.4) is 0 Å². The van der Waals surface area contributed by atoms with Crippen LogP contribution in [-0.2, 0) is 9.53 Å². The molecule has 4 unspecified atom stereocenters. The normalized spacial score (nSPS) is 30.0. The van der Waals surface area contributed by atoms with Crippen molar-refractivity contribution in [2.24, 2.45) is 11.8 Å². The zero-order valence-corrected chi connectivity index (χ0v) is 13.5. The van der Waals surface area contributed by atoms with Crippen LogP contribution < -0.4 is 5.32 Å².